The monoisotopic (exact) mass is 327 g/mol. The maximum atomic E-state index is 12.0. The lowest BCUT2D eigenvalue weighted by molar-refractivity contribution is 0.238. The van der Waals surface area contributed by atoms with Crippen molar-refractivity contribution >= 4 is 11.8 Å². The van der Waals surface area contributed by atoms with Crippen LogP contribution >= 0.6 is 0 Å². The number of hydrogen-bond donors (Lipinski definition) is 3. The van der Waals surface area contributed by atoms with Gasteiger partial charge in [-0.05, 0) is 18.6 Å². The van der Waals surface area contributed by atoms with Crippen molar-refractivity contribution in [2.45, 2.75) is 25.4 Å². The second-order valence-corrected chi connectivity index (χ2v) is 5.80. The van der Waals surface area contributed by atoms with Gasteiger partial charge in [0.15, 0.2) is 5.82 Å². The molecule has 2 aromatic rings. The number of carbonyl (C=O) groups is 1. The molecule has 126 valence electrons. The van der Waals surface area contributed by atoms with Crippen LogP contribution in [0, 0.1) is 5.92 Å². The smallest absolute Gasteiger partial charge is 0.320 e. The third-order valence-electron chi connectivity index (χ3n) is 3.93. The lowest BCUT2D eigenvalue weighted by Crippen LogP contribution is -2.36. The number of pyridine rings is 1. The molecule has 24 heavy (non-hydrogen) atoms. The second kappa shape index (κ2) is 7.74. The number of urea groups is 1. The van der Waals surface area contributed by atoms with E-state index in [-0.39, 0.29) is 24.6 Å². The zero-order valence-corrected chi connectivity index (χ0v) is 13.3. The maximum absolute atomic E-state index is 12.0. The van der Waals surface area contributed by atoms with E-state index in [4.69, 9.17) is 5.11 Å². The first kappa shape index (κ1) is 16.2. The van der Waals surface area contributed by atoms with E-state index in [1.165, 1.54) is 0 Å². The first-order chi connectivity index (χ1) is 11.7. The molecule has 2 atom stereocenters. The minimum Gasteiger partial charge on any atom is -0.396 e. The Morgan fingerprint density at radius 3 is 3.00 bits per heavy atom. The first-order valence-electron chi connectivity index (χ1n) is 8.03. The Bertz CT molecular complexity index is 698. The summed E-state index contributed by atoms with van der Waals surface area (Å²) < 4.78 is 1.78. The van der Waals surface area contributed by atoms with Crippen LogP contribution in [-0.4, -0.2) is 38.6 Å². The number of nitrogens with zero attached hydrogens (tertiary/aromatic N) is 3. The zero-order chi connectivity index (χ0) is 16.8. The Labute approximate surface area is 140 Å². The van der Waals surface area contributed by atoms with Crippen LogP contribution in [0.25, 0.3) is 0 Å². The third-order valence-corrected chi connectivity index (χ3v) is 3.93. The highest BCUT2D eigenvalue weighted by Crippen LogP contribution is 2.17. The number of nitrogens with one attached hydrogen (secondary N) is 2. The van der Waals surface area contributed by atoms with E-state index in [0.29, 0.717) is 12.4 Å². The number of aryl methyl sites for hydroxylation is 2. The van der Waals surface area contributed by atoms with Crippen molar-refractivity contribution in [1.82, 2.24) is 20.1 Å². The van der Waals surface area contributed by atoms with Crippen molar-refractivity contribution in [3.63, 3.8) is 0 Å². The number of aromatic nitrogens is 3. The SMILES string of the molecule is O=C(Nc1ccn(CCc2ccccn2)n1)N[C@@H]1C=C[C@H](CO)C1. The van der Waals surface area contributed by atoms with Gasteiger partial charge in [-0.3, -0.25) is 15.0 Å². The van der Waals surface area contributed by atoms with Gasteiger partial charge in [-0.15, -0.1) is 0 Å². The molecule has 2 aromatic heterocycles. The van der Waals surface area contributed by atoms with E-state index in [0.717, 1.165) is 18.5 Å². The molecule has 0 fully saturated rings. The summed E-state index contributed by atoms with van der Waals surface area (Å²) in [4.78, 5) is 16.2. The standard InChI is InChI=1S/C17H21N5O2/c23-12-13-4-5-15(11-13)19-17(24)20-16-7-10-22(21-16)9-6-14-3-1-2-8-18-14/h1-5,7-8,10,13,15,23H,6,9,11-12H2,(H2,19,20,21,24)/t13-,15+/m0/s1. The number of aliphatic hydroxyl groups excluding tert-OH is 1. The normalized spacial score (nSPS) is 19.4. The van der Waals surface area contributed by atoms with Crippen LogP contribution in [0.15, 0.2) is 48.8 Å². The lowest BCUT2D eigenvalue weighted by Gasteiger charge is -2.12. The van der Waals surface area contributed by atoms with E-state index >= 15 is 0 Å². The molecule has 0 aliphatic heterocycles. The Balaban J connectivity index is 1.45. The third kappa shape index (κ3) is 4.42. The summed E-state index contributed by atoms with van der Waals surface area (Å²) in [5.41, 5.74) is 1.01. The molecule has 0 radical (unpaired) electrons. The van der Waals surface area contributed by atoms with E-state index in [2.05, 4.69) is 20.7 Å². The molecule has 7 nitrogen and oxygen atoms in total. The van der Waals surface area contributed by atoms with Gasteiger partial charge in [0.05, 0.1) is 0 Å². The van der Waals surface area contributed by atoms with Crippen molar-refractivity contribution in [3.05, 3.63) is 54.5 Å². The van der Waals surface area contributed by atoms with Gasteiger partial charge in [0.25, 0.3) is 0 Å². The van der Waals surface area contributed by atoms with Crippen molar-refractivity contribution < 1.29 is 9.90 Å². The fourth-order valence-electron chi connectivity index (χ4n) is 2.67. The van der Waals surface area contributed by atoms with Crippen LogP contribution in [0.2, 0.25) is 0 Å². The van der Waals surface area contributed by atoms with Gasteiger partial charge in [-0.25, -0.2) is 4.79 Å². The van der Waals surface area contributed by atoms with Crippen LogP contribution in [0.5, 0.6) is 0 Å². The van der Waals surface area contributed by atoms with Gasteiger partial charge in [-0.2, -0.15) is 5.10 Å². The number of aliphatic hydroxyl groups is 1. The van der Waals surface area contributed by atoms with Crippen molar-refractivity contribution in [2.75, 3.05) is 11.9 Å². The summed E-state index contributed by atoms with van der Waals surface area (Å²) in [5.74, 6) is 0.635. The lowest BCUT2D eigenvalue weighted by atomic mass is 10.1. The quantitative estimate of drug-likeness (QED) is 0.702. The minimum absolute atomic E-state index is 0.0478. The van der Waals surface area contributed by atoms with E-state index in [1.807, 2.05) is 36.5 Å². The van der Waals surface area contributed by atoms with Gasteiger partial charge in [-0.1, -0.05) is 18.2 Å². The van der Waals surface area contributed by atoms with Gasteiger partial charge >= 0.3 is 6.03 Å². The number of amides is 2. The molecule has 0 bridgehead atoms. The first-order valence-corrected chi connectivity index (χ1v) is 8.03. The highest BCUT2D eigenvalue weighted by molar-refractivity contribution is 5.88. The average Bonchev–Trinajstić information content (AvgIpc) is 3.23. The van der Waals surface area contributed by atoms with Crippen LogP contribution in [0.1, 0.15) is 12.1 Å². The largest absolute Gasteiger partial charge is 0.396 e. The van der Waals surface area contributed by atoms with Gasteiger partial charge in [0.1, 0.15) is 0 Å². The summed E-state index contributed by atoms with van der Waals surface area (Å²) in [6.45, 7) is 0.806. The summed E-state index contributed by atoms with van der Waals surface area (Å²) in [6, 6.07) is 7.25. The van der Waals surface area contributed by atoms with Gasteiger partial charge in [0.2, 0.25) is 0 Å². The molecule has 0 saturated carbocycles. The molecular weight excluding hydrogens is 306 g/mol. The number of hydrogen-bond acceptors (Lipinski definition) is 4. The zero-order valence-electron chi connectivity index (χ0n) is 13.3. The molecule has 0 saturated heterocycles. The molecule has 0 aromatic carbocycles. The molecule has 7 heteroatoms. The molecule has 0 spiro atoms. The Morgan fingerprint density at radius 1 is 1.33 bits per heavy atom. The highest BCUT2D eigenvalue weighted by Gasteiger charge is 2.19. The van der Waals surface area contributed by atoms with Gasteiger partial charge in [0, 0.05) is 55.7 Å². The molecule has 3 rings (SSSR count). The van der Waals surface area contributed by atoms with Crippen molar-refractivity contribution in [2.24, 2.45) is 5.92 Å². The summed E-state index contributed by atoms with van der Waals surface area (Å²) in [5, 5.41) is 19.0. The molecular formula is C17H21N5O2. The fourth-order valence-corrected chi connectivity index (χ4v) is 2.67. The van der Waals surface area contributed by atoms with Crippen molar-refractivity contribution in [3.8, 4) is 0 Å². The van der Waals surface area contributed by atoms with Crippen molar-refractivity contribution in [1.29, 1.82) is 0 Å². The Hall–Kier alpha value is -2.67. The number of rotatable bonds is 6. The molecule has 1 aliphatic carbocycles. The number of anilines is 1. The molecule has 1 aliphatic rings. The van der Waals surface area contributed by atoms with Crippen LogP contribution in [-0.2, 0) is 13.0 Å². The average molecular weight is 327 g/mol. The van der Waals surface area contributed by atoms with E-state index in [9.17, 15) is 4.79 Å². The number of carbonyl (C=O) groups excluding carboxylic acids is 1. The predicted octanol–water partition coefficient (Wildman–Crippen LogP) is 1.58. The molecule has 2 amide bonds. The van der Waals surface area contributed by atoms with E-state index < -0.39 is 0 Å². The highest BCUT2D eigenvalue weighted by atomic mass is 16.3. The van der Waals surface area contributed by atoms with E-state index in [1.54, 1.807) is 16.9 Å². The van der Waals surface area contributed by atoms with Crippen LogP contribution < -0.4 is 10.6 Å². The Morgan fingerprint density at radius 2 is 2.25 bits per heavy atom. The van der Waals surface area contributed by atoms with Crippen LogP contribution in [0.4, 0.5) is 10.6 Å². The fraction of sp³-hybridized carbons (Fsp3) is 0.353. The Kier molecular flexibility index (Phi) is 5.22. The summed E-state index contributed by atoms with van der Waals surface area (Å²) in [6.07, 6.45) is 8.94. The van der Waals surface area contributed by atoms with Gasteiger partial charge < -0.3 is 10.4 Å². The molecule has 0 unspecified atom stereocenters. The second-order valence-electron chi connectivity index (χ2n) is 5.80. The minimum atomic E-state index is -0.293. The summed E-state index contributed by atoms with van der Waals surface area (Å²) >= 11 is 0. The molecule has 3 N–H and O–H groups in total. The predicted molar refractivity (Wildman–Crippen MR) is 90.4 cm³/mol. The topological polar surface area (TPSA) is 92.1 Å². The molecule has 2 heterocycles. The summed E-state index contributed by atoms with van der Waals surface area (Å²) in [7, 11) is 0. The maximum Gasteiger partial charge on any atom is 0.320 e. The van der Waals surface area contributed by atoms with Crippen LogP contribution in [0.3, 0.4) is 0 Å².